The van der Waals surface area contributed by atoms with Crippen molar-refractivity contribution in [1.82, 2.24) is 4.90 Å². The maximum Gasteiger partial charge on any atom is 0.175 e. The summed E-state index contributed by atoms with van der Waals surface area (Å²) in [5, 5.41) is 0. The minimum absolute atomic E-state index is 0.0590. The first kappa shape index (κ1) is 18.4. The van der Waals surface area contributed by atoms with Gasteiger partial charge in [-0.05, 0) is 49.4 Å². The average Bonchev–Trinajstić information content (AvgIpc) is 2.53. The molecule has 4 nitrogen and oxygen atoms in total. The number of hydrogen-bond donors (Lipinski definition) is 0. The van der Waals surface area contributed by atoms with Gasteiger partial charge in [-0.3, -0.25) is 4.90 Å². The Morgan fingerprint density at radius 3 is 2.29 bits per heavy atom. The Balaban J connectivity index is 2.11. The minimum atomic E-state index is -3.19. The van der Waals surface area contributed by atoms with Gasteiger partial charge < -0.3 is 4.74 Å². The standard InChI is InChI=1S/C18H22FNO3S/c1-13(15-6-8-16(9-7-15)24(4,21)22)20(2)12-14-5-10-18(23-3)17(19)11-14/h5-11,13H,12H2,1-4H3. The average molecular weight is 351 g/mol. The molecule has 0 heterocycles. The van der Waals surface area contributed by atoms with Crippen LogP contribution in [0.2, 0.25) is 0 Å². The van der Waals surface area contributed by atoms with E-state index in [0.29, 0.717) is 11.4 Å². The maximum atomic E-state index is 13.8. The molecule has 0 fully saturated rings. The van der Waals surface area contributed by atoms with E-state index in [-0.39, 0.29) is 17.6 Å². The van der Waals surface area contributed by atoms with Crippen molar-refractivity contribution in [3.63, 3.8) is 0 Å². The Bertz CT molecular complexity index is 804. The van der Waals surface area contributed by atoms with Gasteiger partial charge in [0.2, 0.25) is 0 Å². The zero-order valence-electron chi connectivity index (χ0n) is 14.3. The molecule has 6 heteroatoms. The molecule has 0 aliphatic heterocycles. The summed E-state index contributed by atoms with van der Waals surface area (Å²) in [5.41, 5.74) is 1.84. The van der Waals surface area contributed by atoms with Gasteiger partial charge in [-0.1, -0.05) is 18.2 Å². The molecule has 0 radical (unpaired) electrons. The fourth-order valence-electron chi connectivity index (χ4n) is 2.48. The van der Waals surface area contributed by atoms with Crippen molar-refractivity contribution in [3.05, 3.63) is 59.4 Å². The summed E-state index contributed by atoms with van der Waals surface area (Å²) in [4.78, 5) is 2.37. The van der Waals surface area contributed by atoms with Crippen molar-refractivity contribution in [2.24, 2.45) is 0 Å². The smallest absolute Gasteiger partial charge is 0.175 e. The zero-order chi connectivity index (χ0) is 17.9. The highest BCUT2D eigenvalue weighted by molar-refractivity contribution is 7.90. The lowest BCUT2D eigenvalue weighted by atomic mass is 10.1. The molecule has 0 aromatic heterocycles. The van der Waals surface area contributed by atoms with E-state index in [1.165, 1.54) is 19.4 Å². The van der Waals surface area contributed by atoms with Gasteiger partial charge in [0, 0.05) is 18.8 Å². The molecule has 2 aromatic rings. The van der Waals surface area contributed by atoms with Crippen LogP contribution in [0.15, 0.2) is 47.4 Å². The van der Waals surface area contributed by atoms with E-state index >= 15 is 0 Å². The number of ether oxygens (including phenoxy) is 1. The van der Waals surface area contributed by atoms with Crippen molar-refractivity contribution in [2.75, 3.05) is 20.4 Å². The van der Waals surface area contributed by atoms with E-state index in [1.807, 2.05) is 32.2 Å². The first-order valence-electron chi connectivity index (χ1n) is 7.55. The molecule has 2 aromatic carbocycles. The van der Waals surface area contributed by atoms with Crippen molar-refractivity contribution in [1.29, 1.82) is 0 Å². The van der Waals surface area contributed by atoms with Crippen LogP contribution < -0.4 is 4.74 Å². The molecule has 0 spiro atoms. The Kier molecular flexibility index (Phi) is 5.62. The van der Waals surface area contributed by atoms with E-state index in [4.69, 9.17) is 4.74 Å². The Morgan fingerprint density at radius 1 is 1.17 bits per heavy atom. The number of benzene rings is 2. The molecular weight excluding hydrogens is 329 g/mol. The van der Waals surface area contributed by atoms with Gasteiger partial charge in [0.15, 0.2) is 21.4 Å². The number of rotatable bonds is 6. The van der Waals surface area contributed by atoms with E-state index in [0.717, 1.165) is 11.1 Å². The topological polar surface area (TPSA) is 46.6 Å². The van der Waals surface area contributed by atoms with Crippen molar-refractivity contribution in [3.8, 4) is 5.75 Å². The first-order valence-corrected chi connectivity index (χ1v) is 9.44. The lowest BCUT2D eigenvalue weighted by Crippen LogP contribution is -2.22. The minimum Gasteiger partial charge on any atom is -0.494 e. The molecule has 1 atom stereocenters. The van der Waals surface area contributed by atoms with Crippen LogP contribution in [0, 0.1) is 5.82 Å². The van der Waals surface area contributed by atoms with Crippen molar-refractivity contribution < 1.29 is 17.5 Å². The predicted octanol–water partition coefficient (Wildman–Crippen LogP) is 3.43. The molecule has 130 valence electrons. The highest BCUT2D eigenvalue weighted by Gasteiger charge is 2.14. The quantitative estimate of drug-likeness (QED) is 0.800. The van der Waals surface area contributed by atoms with Crippen LogP contribution in [0.5, 0.6) is 5.75 Å². The number of nitrogens with zero attached hydrogens (tertiary/aromatic N) is 1. The third kappa shape index (κ3) is 4.33. The lowest BCUT2D eigenvalue weighted by Gasteiger charge is -2.25. The fourth-order valence-corrected chi connectivity index (χ4v) is 3.11. The highest BCUT2D eigenvalue weighted by atomic mass is 32.2. The number of hydrogen-bond acceptors (Lipinski definition) is 4. The van der Waals surface area contributed by atoms with Crippen LogP contribution >= 0.6 is 0 Å². The fraction of sp³-hybridized carbons (Fsp3) is 0.333. The zero-order valence-corrected chi connectivity index (χ0v) is 15.1. The number of halogens is 1. The predicted molar refractivity (Wildman–Crippen MR) is 92.4 cm³/mol. The van der Waals surface area contributed by atoms with Crippen LogP contribution in [0.3, 0.4) is 0 Å². The molecule has 0 aliphatic carbocycles. The van der Waals surface area contributed by atoms with E-state index in [1.54, 1.807) is 18.2 Å². The summed E-state index contributed by atoms with van der Waals surface area (Å²) in [5.74, 6) is -0.153. The summed E-state index contributed by atoms with van der Waals surface area (Å²) in [6.07, 6.45) is 1.19. The van der Waals surface area contributed by atoms with Crippen LogP contribution in [0.1, 0.15) is 24.1 Å². The van der Waals surface area contributed by atoms with Gasteiger partial charge in [0.05, 0.1) is 12.0 Å². The number of sulfone groups is 1. The number of methoxy groups -OCH3 is 1. The van der Waals surface area contributed by atoms with Gasteiger partial charge in [-0.25, -0.2) is 12.8 Å². The molecule has 0 amide bonds. The normalized spacial score (nSPS) is 13.1. The Labute approximate surface area is 142 Å². The summed E-state index contributed by atoms with van der Waals surface area (Å²) >= 11 is 0. The molecular formula is C18H22FNO3S. The first-order chi connectivity index (χ1) is 11.2. The second kappa shape index (κ2) is 7.32. The molecule has 0 N–H and O–H groups in total. The second-order valence-corrected chi connectivity index (χ2v) is 7.92. The van der Waals surface area contributed by atoms with Gasteiger partial charge in [-0.2, -0.15) is 0 Å². The Morgan fingerprint density at radius 2 is 1.79 bits per heavy atom. The monoisotopic (exact) mass is 351 g/mol. The van der Waals surface area contributed by atoms with Crippen LogP contribution in [0.4, 0.5) is 4.39 Å². The largest absolute Gasteiger partial charge is 0.494 e. The van der Waals surface area contributed by atoms with Crippen molar-refractivity contribution in [2.45, 2.75) is 24.4 Å². The van der Waals surface area contributed by atoms with Gasteiger partial charge in [0.25, 0.3) is 0 Å². The third-order valence-corrected chi connectivity index (χ3v) is 5.23. The molecule has 24 heavy (non-hydrogen) atoms. The third-order valence-electron chi connectivity index (χ3n) is 4.10. The van der Waals surface area contributed by atoms with Crippen LogP contribution in [-0.4, -0.2) is 33.7 Å². The van der Waals surface area contributed by atoms with Gasteiger partial charge in [0.1, 0.15) is 0 Å². The Hall–Kier alpha value is -1.92. The molecule has 0 bridgehead atoms. The SMILES string of the molecule is COc1ccc(CN(C)C(C)c2ccc(S(C)(=O)=O)cc2)cc1F. The maximum absolute atomic E-state index is 13.8. The molecule has 0 saturated carbocycles. The van der Waals surface area contributed by atoms with Crippen LogP contribution in [-0.2, 0) is 16.4 Å². The van der Waals surface area contributed by atoms with E-state index in [2.05, 4.69) is 4.90 Å². The molecule has 0 aliphatic rings. The van der Waals surface area contributed by atoms with Gasteiger partial charge >= 0.3 is 0 Å². The molecule has 0 saturated heterocycles. The second-order valence-electron chi connectivity index (χ2n) is 5.90. The summed E-state index contributed by atoms with van der Waals surface area (Å²) in [6.45, 7) is 2.59. The summed E-state index contributed by atoms with van der Waals surface area (Å²) < 4.78 is 41.7. The van der Waals surface area contributed by atoms with Crippen LogP contribution in [0.25, 0.3) is 0 Å². The lowest BCUT2D eigenvalue weighted by molar-refractivity contribution is 0.252. The molecule has 2 rings (SSSR count). The summed E-state index contributed by atoms with van der Waals surface area (Å²) in [7, 11) is 0.186. The van der Waals surface area contributed by atoms with Crippen molar-refractivity contribution >= 4 is 9.84 Å². The summed E-state index contributed by atoms with van der Waals surface area (Å²) in [6, 6.07) is 11.8. The molecule has 1 unspecified atom stereocenters. The van der Waals surface area contributed by atoms with E-state index in [9.17, 15) is 12.8 Å². The van der Waals surface area contributed by atoms with Gasteiger partial charge in [-0.15, -0.1) is 0 Å². The highest BCUT2D eigenvalue weighted by Crippen LogP contribution is 2.24. The van der Waals surface area contributed by atoms with E-state index < -0.39 is 9.84 Å².